The van der Waals surface area contributed by atoms with Crippen molar-refractivity contribution in [2.75, 3.05) is 13.2 Å². The third kappa shape index (κ3) is 6.58. The standard InChI is InChI=1S/C11H16IN3O3/c1-11(2,3)18-10(16)13-4-5-17-9-14-6-8(12)7-15-9/h6-7H,4-5H2,1-3H3,(H,13,16). The number of amides is 1. The van der Waals surface area contributed by atoms with Gasteiger partial charge in [0.05, 0.1) is 6.54 Å². The number of carbonyl (C=O) groups is 1. The van der Waals surface area contributed by atoms with Crippen LogP contribution in [0.5, 0.6) is 6.01 Å². The number of nitrogens with one attached hydrogen (secondary N) is 1. The highest BCUT2D eigenvalue weighted by Crippen LogP contribution is 2.06. The normalized spacial score (nSPS) is 10.9. The maximum atomic E-state index is 11.3. The maximum Gasteiger partial charge on any atom is 0.407 e. The van der Waals surface area contributed by atoms with E-state index in [9.17, 15) is 4.79 Å². The van der Waals surface area contributed by atoms with Gasteiger partial charge in [-0.25, -0.2) is 14.8 Å². The minimum atomic E-state index is -0.496. The number of ether oxygens (including phenoxy) is 2. The molecule has 100 valence electrons. The molecule has 0 aliphatic heterocycles. The second-order valence-corrected chi connectivity index (χ2v) is 5.71. The Hall–Kier alpha value is -1.12. The van der Waals surface area contributed by atoms with Crippen molar-refractivity contribution in [3.05, 3.63) is 16.0 Å². The lowest BCUT2D eigenvalue weighted by Gasteiger charge is -2.19. The van der Waals surface area contributed by atoms with Gasteiger partial charge in [-0.3, -0.25) is 0 Å². The third-order valence-corrected chi connectivity index (χ3v) is 2.16. The predicted octanol–water partition coefficient (Wildman–Crippen LogP) is 1.98. The summed E-state index contributed by atoms with van der Waals surface area (Å²) in [5.74, 6) is 0. The fourth-order valence-corrected chi connectivity index (χ4v) is 1.26. The van der Waals surface area contributed by atoms with E-state index in [2.05, 4.69) is 37.9 Å². The van der Waals surface area contributed by atoms with Gasteiger partial charge in [0.25, 0.3) is 0 Å². The molecule has 0 aromatic carbocycles. The molecule has 18 heavy (non-hydrogen) atoms. The Kier molecular flexibility index (Phi) is 5.57. The summed E-state index contributed by atoms with van der Waals surface area (Å²) in [7, 11) is 0. The Labute approximate surface area is 120 Å². The van der Waals surface area contributed by atoms with Crippen LogP contribution in [0.2, 0.25) is 0 Å². The van der Waals surface area contributed by atoms with Crippen molar-refractivity contribution in [1.29, 1.82) is 0 Å². The van der Waals surface area contributed by atoms with Crippen LogP contribution in [-0.4, -0.2) is 34.8 Å². The van der Waals surface area contributed by atoms with Crippen LogP contribution in [0.25, 0.3) is 0 Å². The van der Waals surface area contributed by atoms with Crippen molar-refractivity contribution < 1.29 is 14.3 Å². The lowest BCUT2D eigenvalue weighted by atomic mass is 10.2. The molecule has 1 aromatic heterocycles. The van der Waals surface area contributed by atoms with Crippen LogP contribution in [0.4, 0.5) is 4.79 Å². The number of nitrogens with zero attached hydrogens (tertiary/aromatic N) is 2. The van der Waals surface area contributed by atoms with Gasteiger partial charge >= 0.3 is 12.1 Å². The Morgan fingerprint density at radius 1 is 1.39 bits per heavy atom. The molecule has 6 nitrogen and oxygen atoms in total. The lowest BCUT2D eigenvalue weighted by molar-refractivity contribution is 0.0519. The van der Waals surface area contributed by atoms with Gasteiger partial charge < -0.3 is 14.8 Å². The van der Waals surface area contributed by atoms with E-state index >= 15 is 0 Å². The molecule has 1 aromatic rings. The van der Waals surface area contributed by atoms with Crippen LogP contribution in [0.3, 0.4) is 0 Å². The molecule has 0 radical (unpaired) electrons. The van der Waals surface area contributed by atoms with Gasteiger partial charge in [0.2, 0.25) is 0 Å². The second kappa shape index (κ2) is 6.72. The highest BCUT2D eigenvalue weighted by atomic mass is 127. The van der Waals surface area contributed by atoms with E-state index in [1.807, 2.05) is 20.8 Å². The number of halogens is 1. The van der Waals surface area contributed by atoms with Gasteiger partial charge in [-0.05, 0) is 43.4 Å². The largest absolute Gasteiger partial charge is 0.462 e. The molecule has 0 saturated carbocycles. The van der Waals surface area contributed by atoms with Gasteiger partial charge in [0.1, 0.15) is 12.2 Å². The lowest BCUT2D eigenvalue weighted by Crippen LogP contribution is -2.34. The molecule has 1 rings (SSSR count). The number of carbonyl (C=O) groups excluding carboxylic acids is 1. The molecule has 0 spiro atoms. The van der Waals surface area contributed by atoms with Crippen molar-refractivity contribution in [1.82, 2.24) is 15.3 Å². The van der Waals surface area contributed by atoms with E-state index < -0.39 is 11.7 Å². The second-order valence-electron chi connectivity index (χ2n) is 4.46. The first-order valence-corrected chi connectivity index (χ1v) is 6.52. The van der Waals surface area contributed by atoms with E-state index in [0.29, 0.717) is 19.2 Å². The number of alkyl carbamates (subject to hydrolysis) is 1. The van der Waals surface area contributed by atoms with Crippen molar-refractivity contribution in [2.24, 2.45) is 0 Å². The van der Waals surface area contributed by atoms with E-state index in [1.165, 1.54) is 0 Å². The fraction of sp³-hybridized carbons (Fsp3) is 0.545. The molecule has 1 amide bonds. The summed E-state index contributed by atoms with van der Waals surface area (Å²) < 4.78 is 11.3. The van der Waals surface area contributed by atoms with E-state index in [4.69, 9.17) is 9.47 Å². The monoisotopic (exact) mass is 365 g/mol. The molecule has 0 bridgehead atoms. The molecule has 1 heterocycles. The fourth-order valence-electron chi connectivity index (χ4n) is 0.985. The summed E-state index contributed by atoms with van der Waals surface area (Å²) in [5.41, 5.74) is -0.496. The van der Waals surface area contributed by atoms with Gasteiger partial charge in [0.15, 0.2) is 0 Å². The summed E-state index contributed by atoms with van der Waals surface area (Å²) in [6.45, 7) is 6.05. The highest BCUT2D eigenvalue weighted by molar-refractivity contribution is 14.1. The van der Waals surface area contributed by atoms with Gasteiger partial charge in [-0.1, -0.05) is 0 Å². The van der Waals surface area contributed by atoms with Crippen LogP contribution >= 0.6 is 22.6 Å². The molecule has 0 aliphatic carbocycles. The molecular formula is C11H16IN3O3. The minimum Gasteiger partial charge on any atom is -0.462 e. The first-order chi connectivity index (χ1) is 8.37. The Bertz CT molecular complexity index is 390. The maximum absolute atomic E-state index is 11.3. The zero-order valence-electron chi connectivity index (χ0n) is 10.6. The average molecular weight is 365 g/mol. The molecule has 0 unspecified atom stereocenters. The molecule has 1 N–H and O–H groups in total. The number of hydrogen-bond donors (Lipinski definition) is 1. The van der Waals surface area contributed by atoms with Crippen molar-refractivity contribution >= 4 is 28.7 Å². The Morgan fingerprint density at radius 3 is 2.56 bits per heavy atom. The van der Waals surface area contributed by atoms with E-state index in [-0.39, 0.29) is 0 Å². The van der Waals surface area contributed by atoms with Crippen LogP contribution < -0.4 is 10.1 Å². The summed E-state index contributed by atoms with van der Waals surface area (Å²) >= 11 is 2.11. The van der Waals surface area contributed by atoms with E-state index in [0.717, 1.165) is 3.57 Å². The van der Waals surface area contributed by atoms with Crippen LogP contribution in [-0.2, 0) is 4.74 Å². The Balaban J connectivity index is 2.19. The molecule has 0 fully saturated rings. The third-order valence-electron chi connectivity index (χ3n) is 1.60. The first kappa shape index (κ1) is 14.9. The summed E-state index contributed by atoms with van der Waals surface area (Å²) in [6.07, 6.45) is 2.85. The number of rotatable bonds is 4. The quantitative estimate of drug-likeness (QED) is 0.653. The summed E-state index contributed by atoms with van der Waals surface area (Å²) in [6, 6.07) is 0.293. The zero-order chi connectivity index (χ0) is 13.6. The van der Waals surface area contributed by atoms with Crippen LogP contribution in [0.1, 0.15) is 20.8 Å². The van der Waals surface area contributed by atoms with Crippen LogP contribution in [0.15, 0.2) is 12.4 Å². The van der Waals surface area contributed by atoms with Gasteiger partial charge in [0, 0.05) is 16.0 Å². The molecule has 7 heteroatoms. The van der Waals surface area contributed by atoms with Crippen LogP contribution in [0, 0.1) is 3.57 Å². The summed E-state index contributed by atoms with van der Waals surface area (Å²) in [5, 5.41) is 2.58. The molecule has 0 saturated heterocycles. The minimum absolute atomic E-state index is 0.292. The first-order valence-electron chi connectivity index (χ1n) is 5.44. The number of aromatic nitrogens is 2. The van der Waals surface area contributed by atoms with Crippen molar-refractivity contribution in [2.45, 2.75) is 26.4 Å². The molecule has 0 atom stereocenters. The summed E-state index contributed by atoms with van der Waals surface area (Å²) in [4.78, 5) is 19.2. The smallest absolute Gasteiger partial charge is 0.407 e. The average Bonchev–Trinajstić information content (AvgIpc) is 2.24. The highest BCUT2D eigenvalue weighted by Gasteiger charge is 2.15. The number of hydrogen-bond acceptors (Lipinski definition) is 5. The van der Waals surface area contributed by atoms with Crippen molar-refractivity contribution in [3.63, 3.8) is 0 Å². The zero-order valence-corrected chi connectivity index (χ0v) is 12.7. The van der Waals surface area contributed by atoms with Crippen molar-refractivity contribution in [3.8, 4) is 6.01 Å². The molecular weight excluding hydrogens is 349 g/mol. The topological polar surface area (TPSA) is 73.3 Å². The predicted molar refractivity (Wildman–Crippen MR) is 74.5 cm³/mol. The van der Waals surface area contributed by atoms with Gasteiger partial charge in [-0.15, -0.1) is 0 Å². The van der Waals surface area contributed by atoms with Gasteiger partial charge in [-0.2, -0.15) is 0 Å². The Morgan fingerprint density at radius 2 is 2.00 bits per heavy atom. The SMILES string of the molecule is CC(C)(C)OC(=O)NCCOc1ncc(I)cn1. The molecule has 0 aliphatic rings. The van der Waals surface area contributed by atoms with E-state index in [1.54, 1.807) is 12.4 Å².